The molecule has 0 saturated carbocycles. The Kier molecular flexibility index (Phi) is 14.9. The van der Waals surface area contributed by atoms with E-state index in [1.807, 2.05) is 6.92 Å². The third kappa shape index (κ3) is 13.4. The van der Waals surface area contributed by atoms with Crippen molar-refractivity contribution in [1.29, 1.82) is 0 Å². The lowest BCUT2D eigenvalue weighted by atomic mass is 10.4. The number of amides is 1. The molecule has 0 spiro atoms. The largest absolute Gasteiger partial charge is 0.383 e. The van der Waals surface area contributed by atoms with E-state index in [2.05, 4.69) is 15.6 Å². The molecule has 0 aromatic heterocycles. The normalized spacial score (nSPS) is 10.6. The number of guanidine groups is 1. The maximum atomic E-state index is 11.2. The zero-order chi connectivity index (χ0) is 12.2. The topological polar surface area (TPSA) is 88.7 Å². The molecule has 0 unspecified atom stereocenters. The fourth-order valence-electron chi connectivity index (χ4n) is 0.970. The van der Waals surface area contributed by atoms with Gasteiger partial charge in [0.05, 0.1) is 13.2 Å². The summed E-state index contributed by atoms with van der Waals surface area (Å²) in [6.07, 6.45) is 1.35. The fourth-order valence-corrected chi connectivity index (χ4v) is 0.970. The molecule has 0 aromatic rings. The molecule has 7 heteroatoms. The zero-order valence-electron chi connectivity index (χ0n) is 10.5. The number of halogens is 1. The highest BCUT2D eigenvalue weighted by Crippen LogP contribution is 1.79. The van der Waals surface area contributed by atoms with Crippen LogP contribution >= 0.6 is 24.0 Å². The molecule has 6 nitrogen and oxygen atoms in total. The van der Waals surface area contributed by atoms with Gasteiger partial charge in [0.15, 0.2) is 5.96 Å². The zero-order valence-corrected chi connectivity index (χ0v) is 12.8. The maximum absolute atomic E-state index is 11.2. The van der Waals surface area contributed by atoms with E-state index in [9.17, 15) is 4.79 Å². The Hall–Kier alpha value is -0.570. The summed E-state index contributed by atoms with van der Waals surface area (Å²) in [5, 5.41) is 5.64. The van der Waals surface area contributed by atoms with Crippen LogP contribution in [0.25, 0.3) is 0 Å². The van der Waals surface area contributed by atoms with Crippen molar-refractivity contribution in [3.63, 3.8) is 0 Å². The Morgan fingerprint density at radius 3 is 2.65 bits per heavy atom. The lowest BCUT2D eigenvalue weighted by Gasteiger charge is -2.06. The maximum Gasteiger partial charge on any atom is 0.221 e. The Bertz CT molecular complexity index is 224. The molecule has 0 aliphatic heterocycles. The van der Waals surface area contributed by atoms with Crippen LogP contribution in [0, 0.1) is 0 Å². The predicted octanol–water partition coefficient (Wildman–Crippen LogP) is 0.0714. The molecule has 102 valence electrons. The summed E-state index contributed by atoms with van der Waals surface area (Å²) < 4.78 is 4.82. The van der Waals surface area contributed by atoms with E-state index in [1.165, 1.54) is 0 Å². The molecular weight excluding hydrogens is 335 g/mol. The standard InChI is InChI=1S/C10H22N4O2.HI/c1-3-5-12-9(15)4-6-13-10(11)14-7-8-16-2;/h3-8H2,1-2H3,(H,12,15)(H3,11,13,14);1H. The second kappa shape index (κ2) is 13.5. The summed E-state index contributed by atoms with van der Waals surface area (Å²) in [5.74, 6) is 0.374. The summed E-state index contributed by atoms with van der Waals surface area (Å²) >= 11 is 0. The minimum atomic E-state index is 0. The van der Waals surface area contributed by atoms with Gasteiger partial charge in [0.2, 0.25) is 5.91 Å². The van der Waals surface area contributed by atoms with Crippen LogP contribution in [0.1, 0.15) is 19.8 Å². The highest BCUT2D eigenvalue weighted by molar-refractivity contribution is 14.0. The number of ether oxygens (including phenoxy) is 1. The highest BCUT2D eigenvalue weighted by atomic mass is 127. The number of aliphatic imine (C=N–C) groups is 1. The van der Waals surface area contributed by atoms with Gasteiger partial charge in [-0.1, -0.05) is 6.92 Å². The van der Waals surface area contributed by atoms with E-state index in [4.69, 9.17) is 10.5 Å². The van der Waals surface area contributed by atoms with Gasteiger partial charge in [0.25, 0.3) is 0 Å². The first kappa shape index (κ1) is 18.8. The molecule has 0 radical (unpaired) electrons. The number of carbonyl (C=O) groups is 1. The van der Waals surface area contributed by atoms with Crippen molar-refractivity contribution in [2.75, 3.05) is 33.4 Å². The second-order valence-corrected chi connectivity index (χ2v) is 3.29. The molecule has 0 aliphatic carbocycles. The van der Waals surface area contributed by atoms with Gasteiger partial charge < -0.3 is 21.1 Å². The van der Waals surface area contributed by atoms with Crippen LogP contribution < -0.4 is 16.4 Å². The van der Waals surface area contributed by atoms with Crippen molar-refractivity contribution in [3.05, 3.63) is 0 Å². The number of hydrogen-bond donors (Lipinski definition) is 3. The minimum Gasteiger partial charge on any atom is -0.383 e. The van der Waals surface area contributed by atoms with Crippen LogP contribution in [0.2, 0.25) is 0 Å². The molecule has 0 aliphatic rings. The molecule has 0 rings (SSSR count). The van der Waals surface area contributed by atoms with Crippen LogP contribution in [-0.2, 0) is 9.53 Å². The van der Waals surface area contributed by atoms with Crippen molar-refractivity contribution in [3.8, 4) is 0 Å². The average Bonchev–Trinajstić information content (AvgIpc) is 2.26. The number of rotatable bonds is 8. The summed E-state index contributed by atoms with van der Waals surface area (Å²) in [6.45, 7) is 4.30. The van der Waals surface area contributed by atoms with E-state index in [0.717, 1.165) is 13.0 Å². The van der Waals surface area contributed by atoms with E-state index < -0.39 is 0 Å². The first-order valence-electron chi connectivity index (χ1n) is 5.50. The molecule has 0 aromatic carbocycles. The monoisotopic (exact) mass is 358 g/mol. The van der Waals surface area contributed by atoms with E-state index in [1.54, 1.807) is 7.11 Å². The van der Waals surface area contributed by atoms with Crippen molar-refractivity contribution in [2.24, 2.45) is 10.7 Å². The van der Waals surface area contributed by atoms with E-state index in [-0.39, 0.29) is 29.9 Å². The van der Waals surface area contributed by atoms with Gasteiger partial charge in [-0.2, -0.15) is 0 Å². The molecule has 17 heavy (non-hydrogen) atoms. The molecule has 0 fully saturated rings. The molecule has 0 saturated heterocycles. The van der Waals surface area contributed by atoms with Crippen LogP contribution in [0.5, 0.6) is 0 Å². The lowest BCUT2D eigenvalue weighted by Crippen LogP contribution is -2.35. The summed E-state index contributed by atoms with van der Waals surface area (Å²) in [7, 11) is 1.61. The Morgan fingerprint density at radius 2 is 2.06 bits per heavy atom. The average molecular weight is 358 g/mol. The second-order valence-electron chi connectivity index (χ2n) is 3.29. The quantitative estimate of drug-likeness (QED) is 0.248. The van der Waals surface area contributed by atoms with Gasteiger partial charge in [-0.05, 0) is 6.42 Å². The van der Waals surface area contributed by atoms with E-state index in [0.29, 0.717) is 32.1 Å². The minimum absolute atomic E-state index is 0. The van der Waals surface area contributed by atoms with Crippen molar-refractivity contribution in [2.45, 2.75) is 19.8 Å². The molecule has 0 atom stereocenters. The van der Waals surface area contributed by atoms with Gasteiger partial charge in [-0.25, -0.2) is 0 Å². The number of methoxy groups -OCH3 is 1. The Labute approximate surface area is 120 Å². The van der Waals surface area contributed by atoms with Gasteiger partial charge in [-0.3, -0.25) is 9.79 Å². The lowest BCUT2D eigenvalue weighted by molar-refractivity contribution is -0.120. The molecule has 0 bridgehead atoms. The van der Waals surface area contributed by atoms with Gasteiger partial charge >= 0.3 is 0 Å². The summed E-state index contributed by atoms with van der Waals surface area (Å²) in [6, 6.07) is 0. The highest BCUT2D eigenvalue weighted by Gasteiger charge is 1.99. The third-order valence-electron chi connectivity index (χ3n) is 1.81. The Balaban J connectivity index is 0. The third-order valence-corrected chi connectivity index (χ3v) is 1.81. The first-order chi connectivity index (χ1) is 7.70. The van der Waals surface area contributed by atoms with E-state index >= 15 is 0 Å². The van der Waals surface area contributed by atoms with Gasteiger partial charge in [-0.15, -0.1) is 24.0 Å². The van der Waals surface area contributed by atoms with Crippen molar-refractivity contribution in [1.82, 2.24) is 10.6 Å². The fraction of sp³-hybridized carbons (Fsp3) is 0.800. The number of nitrogens with two attached hydrogens (primary N) is 1. The molecule has 0 heterocycles. The number of carbonyl (C=O) groups excluding carboxylic acids is 1. The van der Waals surface area contributed by atoms with Crippen molar-refractivity contribution < 1.29 is 9.53 Å². The van der Waals surface area contributed by atoms with Crippen molar-refractivity contribution >= 4 is 35.8 Å². The smallest absolute Gasteiger partial charge is 0.221 e. The van der Waals surface area contributed by atoms with Crippen LogP contribution in [0.3, 0.4) is 0 Å². The van der Waals surface area contributed by atoms with Crippen LogP contribution in [-0.4, -0.2) is 45.2 Å². The number of nitrogens with zero attached hydrogens (tertiary/aromatic N) is 1. The molecule has 1 amide bonds. The summed E-state index contributed by atoms with van der Waals surface area (Å²) in [4.78, 5) is 15.2. The Morgan fingerprint density at radius 1 is 1.35 bits per heavy atom. The summed E-state index contributed by atoms with van der Waals surface area (Å²) in [5.41, 5.74) is 5.55. The van der Waals surface area contributed by atoms with Crippen LogP contribution in [0.4, 0.5) is 0 Å². The molecule has 4 N–H and O–H groups in total. The number of hydrogen-bond acceptors (Lipinski definition) is 3. The first-order valence-corrected chi connectivity index (χ1v) is 5.50. The SMILES string of the molecule is CCCNC(=O)CCNC(N)=NCCOC.I. The predicted molar refractivity (Wildman–Crippen MR) is 79.7 cm³/mol. The number of nitrogens with one attached hydrogen (secondary N) is 2. The van der Waals surface area contributed by atoms with Gasteiger partial charge in [0.1, 0.15) is 0 Å². The van der Waals surface area contributed by atoms with Gasteiger partial charge in [0, 0.05) is 26.6 Å². The molecular formula is C10H23IN4O2. The van der Waals surface area contributed by atoms with Crippen LogP contribution in [0.15, 0.2) is 4.99 Å².